The minimum atomic E-state index is 0.172. The molecule has 9 aliphatic carbocycles. The fraction of sp³-hybridized carbons (Fsp3) is 0.188. The van der Waals surface area contributed by atoms with Gasteiger partial charge in [-0.05, 0) is 74.5 Å². The molecule has 0 radical (unpaired) electrons. The molecule has 1 spiro atoms. The maximum atomic E-state index is 5.50. The molecule has 3 nitrogen and oxygen atoms in total. The number of nitrogens with zero attached hydrogens (tertiary/aromatic N) is 3. The van der Waals surface area contributed by atoms with Crippen LogP contribution in [0.2, 0.25) is 0 Å². The SMILES string of the molecule is C1=CC2C3C=CC1C(c1nc(C4=CC5C6C7C=CC4C=CC756)nc(-c4cccc5c4-c4ccccc4-c4ccccc4-c4ccccc4-5)n1)=CC23. The second-order valence-corrected chi connectivity index (χ2v) is 15.8. The van der Waals surface area contributed by atoms with Crippen LogP contribution in [-0.2, 0) is 0 Å². The summed E-state index contributed by atoms with van der Waals surface area (Å²) in [6.07, 6.45) is 24.5. The highest BCUT2D eigenvalue weighted by molar-refractivity contribution is 6.06. The Labute approximate surface area is 297 Å². The van der Waals surface area contributed by atoms with Gasteiger partial charge >= 0.3 is 0 Å². The van der Waals surface area contributed by atoms with Crippen molar-refractivity contribution in [1.29, 1.82) is 0 Å². The number of rotatable bonds is 3. The first-order valence-electron chi connectivity index (χ1n) is 18.6. The molecule has 240 valence electrons. The number of hydrogen-bond donors (Lipinski definition) is 0. The summed E-state index contributed by atoms with van der Waals surface area (Å²) < 4.78 is 0. The fourth-order valence-corrected chi connectivity index (χ4v) is 10.8. The Morgan fingerprint density at radius 2 is 0.902 bits per heavy atom. The average Bonchev–Trinajstić information content (AvgIpc) is 4.07. The van der Waals surface area contributed by atoms with Gasteiger partial charge in [0.05, 0.1) is 0 Å². The zero-order chi connectivity index (χ0) is 33.0. The normalized spacial score (nSPS) is 32.3. The largest absolute Gasteiger partial charge is 0.209 e. The van der Waals surface area contributed by atoms with Crippen molar-refractivity contribution in [2.45, 2.75) is 0 Å². The Kier molecular flexibility index (Phi) is 4.97. The van der Waals surface area contributed by atoms with Crippen molar-refractivity contribution in [1.82, 2.24) is 15.0 Å². The lowest BCUT2D eigenvalue weighted by Crippen LogP contribution is -2.12. The molecule has 0 N–H and O–H groups in total. The van der Waals surface area contributed by atoms with E-state index in [0.717, 1.165) is 34.9 Å². The predicted octanol–water partition coefficient (Wildman–Crippen LogP) is 10.5. The zero-order valence-corrected chi connectivity index (χ0v) is 27.9. The number of aromatic nitrogens is 3. The predicted molar refractivity (Wildman–Crippen MR) is 203 cm³/mol. The molecule has 6 bridgehead atoms. The van der Waals surface area contributed by atoms with E-state index in [-0.39, 0.29) is 11.8 Å². The minimum Gasteiger partial charge on any atom is -0.209 e. The van der Waals surface area contributed by atoms with Crippen LogP contribution in [0.5, 0.6) is 0 Å². The van der Waals surface area contributed by atoms with Crippen LogP contribution in [0.15, 0.2) is 152 Å². The van der Waals surface area contributed by atoms with Crippen LogP contribution in [0.4, 0.5) is 0 Å². The van der Waals surface area contributed by atoms with E-state index in [0.29, 0.717) is 29.1 Å². The molecule has 1 aromatic heterocycles. The van der Waals surface area contributed by atoms with Crippen LogP contribution < -0.4 is 0 Å². The molecule has 3 heteroatoms. The Morgan fingerprint density at radius 1 is 0.392 bits per heavy atom. The molecule has 51 heavy (non-hydrogen) atoms. The summed E-state index contributed by atoms with van der Waals surface area (Å²) in [6.45, 7) is 0. The topological polar surface area (TPSA) is 38.7 Å². The number of allylic oxidation sites excluding steroid dienone is 12. The highest BCUT2D eigenvalue weighted by atomic mass is 15.0. The third kappa shape index (κ3) is 3.51. The monoisotopic (exact) mass is 651 g/mol. The fourth-order valence-electron chi connectivity index (χ4n) is 10.8. The summed E-state index contributed by atoms with van der Waals surface area (Å²) in [5.41, 5.74) is 13.6. The number of hydrogen-bond acceptors (Lipinski definition) is 3. The van der Waals surface area contributed by atoms with Crippen molar-refractivity contribution in [2.24, 2.45) is 52.8 Å². The Morgan fingerprint density at radius 3 is 1.59 bits per heavy atom. The van der Waals surface area contributed by atoms with Crippen LogP contribution >= 0.6 is 0 Å². The molecule has 4 aromatic carbocycles. The third-order valence-corrected chi connectivity index (χ3v) is 13.5. The van der Waals surface area contributed by atoms with Crippen LogP contribution in [-0.4, -0.2) is 15.0 Å². The Bertz CT molecular complexity index is 2590. The Hall–Kier alpha value is -5.67. The lowest BCUT2D eigenvalue weighted by atomic mass is 9.79. The molecule has 5 aromatic rings. The van der Waals surface area contributed by atoms with Gasteiger partial charge in [0.2, 0.25) is 0 Å². The highest BCUT2D eigenvalue weighted by Gasteiger charge is 2.83. The lowest BCUT2D eigenvalue weighted by Gasteiger charge is -2.25. The van der Waals surface area contributed by atoms with Crippen molar-refractivity contribution in [3.63, 3.8) is 0 Å². The lowest BCUT2D eigenvalue weighted by molar-refractivity contribution is 0.561. The maximum absolute atomic E-state index is 5.50. The molecular weight excluding hydrogens is 619 g/mol. The van der Waals surface area contributed by atoms with Crippen molar-refractivity contribution in [3.8, 4) is 55.9 Å². The van der Waals surface area contributed by atoms with E-state index in [1.807, 2.05) is 0 Å². The second kappa shape index (κ2) is 9.35. The van der Waals surface area contributed by atoms with Gasteiger partial charge in [-0.1, -0.05) is 152 Å². The summed E-state index contributed by atoms with van der Waals surface area (Å²) >= 11 is 0. The van der Waals surface area contributed by atoms with E-state index in [1.54, 1.807) is 0 Å². The van der Waals surface area contributed by atoms with Crippen LogP contribution in [0.1, 0.15) is 11.6 Å². The zero-order valence-electron chi connectivity index (χ0n) is 27.9. The van der Waals surface area contributed by atoms with Crippen molar-refractivity contribution < 1.29 is 0 Å². The molecule has 3 saturated carbocycles. The molecule has 14 rings (SSSR count). The third-order valence-electron chi connectivity index (χ3n) is 13.5. The van der Waals surface area contributed by atoms with E-state index >= 15 is 0 Å². The molecular formula is C48H33N3. The van der Waals surface area contributed by atoms with Gasteiger partial charge in [0, 0.05) is 39.5 Å². The first-order valence-corrected chi connectivity index (χ1v) is 18.6. The molecule has 0 aliphatic heterocycles. The van der Waals surface area contributed by atoms with Gasteiger partial charge in [-0.25, -0.2) is 15.0 Å². The molecule has 0 amide bonds. The summed E-state index contributed by atoms with van der Waals surface area (Å²) in [5, 5.41) is 0. The molecule has 0 saturated heterocycles. The van der Waals surface area contributed by atoms with Gasteiger partial charge in [0.15, 0.2) is 17.5 Å². The standard InChI is InChI=1S/C48H33N3/c1-2-9-29-28(8-1)30-10-3-4-11-32(30)36-14-7-15-37(43(36)35-13-6-5-12-31(29)35)45-49-46(38-24-40-33-19-16-26(38)17-20-34(33)40)51-47(50-45)39-25-42-44-41-21-18-27(39)22-23-48(41,42)44/h1-27,33-34,40-42,44H. The van der Waals surface area contributed by atoms with Gasteiger partial charge in [0.1, 0.15) is 0 Å². The van der Waals surface area contributed by atoms with E-state index in [4.69, 9.17) is 15.0 Å². The van der Waals surface area contributed by atoms with E-state index < -0.39 is 0 Å². The van der Waals surface area contributed by atoms with Crippen LogP contribution in [0.25, 0.3) is 67.0 Å². The molecule has 7 unspecified atom stereocenters. The quantitative estimate of drug-likeness (QED) is 0.179. The van der Waals surface area contributed by atoms with Crippen molar-refractivity contribution >= 4 is 11.1 Å². The molecule has 1 heterocycles. The summed E-state index contributed by atoms with van der Waals surface area (Å²) in [7, 11) is 0. The highest BCUT2D eigenvalue weighted by Crippen LogP contribution is 2.87. The van der Waals surface area contributed by atoms with Crippen molar-refractivity contribution in [3.05, 3.63) is 163 Å². The van der Waals surface area contributed by atoms with Gasteiger partial charge in [-0.2, -0.15) is 0 Å². The van der Waals surface area contributed by atoms with E-state index in [2.05, 4.69) is 152 Å². The summed E-state index contributed by atoms with van der Waals surface area (Å²) in [4.78, 5) is 16.4. The van der Waals surface area contributed by atoms with Gasteiger partial charge in [0.25, 0.3) is 0 Å². The smallest absolute Gasteiger partial charge is 0.164 e. The first kappa shape index (κ1) is 27.1. The van der Waals surface area contributed by atoms with Crippen LogP contribution in [0.3, 0.4) is 0 Å². The molecule has 7 atom stereocenters. The number of fused-ring (bicyclic) bond motifs is 11. The summed E-state index contributed by atoms with van der Waals surface area (Å²) in [6, 6.07) is 33.3. The van der Waals surface area contributed by atoms with E-state index in [1.165, 1.54) is 55.7 Å². The second-order valence-electron chi connectivity index (χ2n) is 15.8. The van der Waals surface area contributed by atoms with Crippen molar-refractivity contribution in [2.75, 3.05) is 0 Å². The Balaban J connectivity index is 1.08. The van der Waals surface area contributed by atoms with Crippen LogP contribution in [0, 0.1) is 52.8 Å². The van der Waals surface area contributed by atoms with E-state index in [9.17, 15) is 0 Å². The molecule has 9 aliphatic rings. The maximum Gasteiger partial charge on any atom is 0.164 e. The first-order chi connectivity index (χ1) is 25.3. The van der Waals surface area contributed by atoms with Gasteiger partial charge in [-0.3, -0.25) is 0 Å². The number of benzene rings is 4. The average molecular weight is 652 g/mol. The summed E-state index contributed by atoms with van der Waals surface area (Å²) in [5.74, 6) is 6.52. The van der Waals surface area contributed by atoms with Gasteiger partial charge in [-0.15, -0.1) is 0 Å². The minimum absolute atomic E-state index is 0.172. The van der Waals surface area contributed by atoms with Gasteiger partial charge < -0.3 is 0 Å². The molecule has 3 fully saturated rings.